The molecule has 0 bridgehead atoms. The van der Waals surface area contributed by atoms with Gasteiger partial charge in [-0.2, -0.15) is 0 Å². The van der Waals surface area contributed by atoms with E-state index in [0.29, 0.717) is 54.1 Å². The number of aryl methyl sites for hydroxylation is 1. The smallest absolute Gasteiger partial charge is 0.254 e. The lowest BCUT2D eigenvalue weighted by molar-refractivity contribution is -0.118. The number of thioether (sulfide) groups is 1. The van der Waals surface area contributed by atoms with Crippen LogP contribution in [0.3, 0.4) is 0 Å². The summed E-state index contributed by atoms with van der Waals surface area (Å²) in [6.07, 6.45) is 2.38. The zero-order valence-corrected chi connectivity index (χ0v) is 19.0. The highest BCUT2D eigenvalue weighted by Gasteiger charge is 2.21. The third kappa shape index (κ3) is 4.94. The maximum atomic E-state index is 13.3. The number of carbonyl (C=O) groups is 1. The van der Waals surface area contributed by atoms with Gasteiger partial charge in [0.15, 0.2) is 16.7 Å². The summed E-state index contributed by atoms with van der Waals surface area (Å²) in [4.78, 5) is 35.7. The van der Waals surface area contributed by atoms with E-state index < -0.39 is 0 Å². The fourth-order valence-electron chi connectivity index (χ4n) is 3.42. The third-order valence-corrected chi connectivity index (χ3v) is 6.46. The van der Waals surface area contributed by atoms with Crippen molar-refractivity contribution in [3.63, 3.8) is 0 Å². The molecule has 1 aliphatic heterocycles. The Labute approximate surface area is 188 Å². The van der Waals surface area contributed by atoms with Crippen molar-refractivity contribution in [2.75, 3.05) is 24.4 Å². The fourth-order valence-corrected chi connectivity index (χ4v) is 4.54. The lowest BCUT2D eigenvalue weighted by Crippen LogP contribution is -2.31. The number of nitrogens with one attached hydrogen (secondary N) is 1. The molecule has 31 heavy (non-hydrogen) atoms. The summed E-state index contributed by atoms with van der Waals surface area (Å²) in [6, 6.07) is 9.51. The summed E-state index contributed by atoms with van der Waals surface area (Å²) in [7, 11) is 0. The summed E-state index contributed by atoms with van der Waals surface area (Å²) in [5.41, 5.74) is 1.76. The number of amides is 1. The Morgan fingerprint density at radius 1 is 1.26 bits per heavy atom. The van der Waals surface area contributed by atoms with Crippen molar-refractivity contribution in [1.82, 2.24) is 9.97 Å². The Hall–Kier alpha value is -2.78. The van der Waals surface area contributed by atoms with Gasteiger partial charge >= 0.3 is 0 Å². The van der Waals surface area contributed by atoms with Gasteiger partial charge in [-0.3, -0.25) is 9.59 Å². The number of anilines is 1. The van der Waals surface area contributed by atoms with Gasteiger partial charge in [-0.1, -0.05) is 17.8 Å². The first-order valence-corrected chi connectivity index (χ1v) is 12.0. The summed E-state index contributed by atoms with van der Waals surface area (Å²) in [6.45, 7) is 3.26. The number of nitrogens with zero attached hydrogens (tertiary/aromatic N) is 2. The predicted molar refractivity (Wildman–Crippen MR) is 123 cm³/mol. The van der Waals surface area contributed by atoms with Crippen LogP contribution in [0, 0.1) is 6.92 Å². The van der Waals surface area contributed by atoms with Crippen LogP contribution >= 0.6 is 23.1 Å². The first-order chi connectivity index (χ1) is 15.0. The second-order valence-electron chi connectivity index (χ2n) is 7.03. The summed E-state index contributed by atoms with van der Waals surface area (Å²) in [5, 5.41) is 2.57. The van der Waals surface area contributed by atoms with Gasteiger partial charge in [-0.25, -0.2) is 4.98 Å². The minimum absolute atomic E-state index is 0.0715. The maximum absolute atomic E-state index is 13.3. The number of ether oxygens (including phenoxy) is 2. The average molecular weight is 458 g/mol. The van der Waals surface area contributed by atoms with Gasteiger partial charge in [0.25, 0.3) is 5.56 Å². The molecule has 9 heteroatoms. The van der Waals surface area contributed by atoms with Gasteiger partial charge in [-0.05, 0) is 43.2 Å². The molecule has 3 heterocycles. The molecule has 0 saturated carbocycles. The lowest BCUT2D eigenvalue weighted by Gasteiger charge is -2.25. The van der Waals surface area contributed by atoms with Gasteiger partial charge in [0.05, 0.1) is 6.54 Å². The number of fused-ring (bicyclic) bond motifs is 1. The first-order valence-electron chi connectivity index (χ1n) is 9.91. The number of hydrogen-bond acceptors (Lipinski definition) is 7. The maximum Gasteiger partial charge on any atom is 0.254 e. The minimum Gasteiger partial charge on any atom is -0.486 e. The SMILES string of the molecule is CSc1nc(C)c(CCC(=O)N(Cc2cccs2)c2ccc3c(c2)OCCO3)c(=O)[nH]1. The predicted octanol–water partition coefficient (Wildman–Crippen LogP) is 3.80. The molecule has 1 amide bonds. The molecule has 0 saturated heterocycles. The van der Waals surface area contributed by atoms with E-state index in [1.54, 1.807) is 23.2 Å². The molecule has 2 aromatic heterocycles. The van der Waals surface area contributed by atoms with E-state index in [-0.39, 0.29) is 17.9 Å². The molecule has 0 spiro atoms. The third-order valence-electron chi connectivity index (χ3n) is 5.02. The molecule has 1 aliphatic rings. The van der Waals surface area contributed by atoms with Gasteiger partial charge in [-0.15, -0.1) is 11.3 Å². The fraction of sp³-hybridized carbons (Fsp3) is 0.318. The van der Waals surface area contributed by atoms with Crippen molar-refractivity contribution < 1.29 is 14.3 Å². The molecular formula is C22H23N3O4S2. The van der Waals surface area contributed by atoms with Gasteiger partial charge < -0.3 is 19.4 Å². The molecule has 0 aliphatic carbocycles. The molecule has 4 rings (SSSR count). The number of hydrogen-bond donors (Lipinski definition) is 1. The number of thiophene rings is 1. The van der Waals surface area contributed by atoms with E-state index in [1.807, 2.05) is 42.0 Å². The second kappa shape index (κ2) is 9.57. The van der Waals surface area contributed by atoms with E-state index in [2.05, 4.69) is 9.97 Å². The van der Waals surface area contributed by atoms with Crippen LogP contribution in [0.25, 0.3) is 0 Å². The number of H-pyrrole nitrogens is 1. The largest absolute Gasteiger partial charge is 0.486 e. The highest BCUT2D eigenvalue weighted by atomic mass is 32.2. The van der Waals surface area contributed by atoms with Crippen LogP contribution in [0.2, 0.25) is 0 Å². The van der Waals surface area contributed by atoms with Crippen molar-refractivity contribution in [1.29, 1.82) is 0 Å². The highest BCUT2D eigenvalue weighted by Crippen LogP contribution is 2.35. The van der Waals surface area contributed by atoms with Crippen LogP contribution in [-0.4, -0.2) is 35.3 Å². The second-order valence-corrected chi connectivity index (χ2v) is 8.85. The van der Waals surface area contributed by atoms with Crippen molar-refractivity contribution >= 4 is 34.7 Å². The lowest BCUT2D eigenvalue weighted by atomic mass is 10.1. The van der Waals surface area contributed by atoms with Crippen LogP contribution in [0.1, 0.15) is 22.6 Å². The molecule has 3 aromatic rings. The zero-order valence-electron chi connectivity index (χ0n) is 17.3. The van der Waals surface area contributed by atoms with Gasteiger partial charge in [0.1, 0.15) is 13.2 Å². The van der Waals surface area contributed by atoms with E-state index >= 15 is 0 Å². The standard InChI is InChI=1S/C22H23N3O4S2/c1-14-17(21(27)24-22(23-14)30-2)6-8-20(26)25(13-16-4-3-11-31-16)15-5-7-18-19(12-15)29-10-9-28-18/h3-5,7,11-12H,6,8-10,13H2,1-2H3,(H,23,24,27). The van der Waals surface area contributed by atoms with Crippen LogP contribution < -0.4 is 19.9 Å². The Bertz CT molecular complexity index is 1130. The minimum atomic E-state index is -0.186. The molecule has 162 valence electrons. The van der Waals surface area contributed by atoms with Crippen molar-refractivity contribution in [3.8, 4) is 11.5 Å². The molecule has 0 atom stereocenters. The van der Waals surface area contributed by atoms with Crippen LogP contribution in [0.15, 0.2) is 45.7 Å². The van der Waals surface area contributed by atoms with E-state index in [0.717, 1.165) is 10.6 Å². The van der Waals surface area contributed by atoms with Crippen LogP contribution in [0.5, 0.6) is 11.5 Å². The molecular weight excluding hydrogens is 434 g/mol. The zero-order chi connectivity index (χ0) is 21.8. The van der Waals surface area contributed by atoms with E-state index in [1.165, 1.54) is 11.8 Å². The molecule has 1 aromatic carbocycles. The van der Waals surface area contributed by atoms with Gasteiger partial charge in [0.2, 0.25) is 5.91 Å². The van der Waals surface area contributed by atoms with Crippen molar-refractivity contribution in [2.45, 2.75) is 31.5 Å². The summed E-state index contributed by atoms with van der Waals surface area (Å²) in [5.74, 6) is 1.25. The average Bonchev–Trinajstić information content (AvgIpc) is 3.29. The molecule has 0 unspecified atom stereocenters. The normalized spacial score (nSPS) is 12.6. The van der Waals surface area contributed by atoms with E-state index in [9.17, 15) is 9.59 Å². The number of carbonyl (C=O) groups excluding carboxylic acids is 1. The Balaban J connectivity index is 1.57. The summed E-state index contributed by atoms with van der Waals surface area (Å²) >= 11 is 2.98. The molecule has 1 N–H and O–H groups in total. The monoisotopic (exact) mass is 457 g/mol. The number of aromatic amines is 1. The number of aromatic nitrogens is 2. The topological polar surface area (TPSA) is 84.5 Å². The quantitative estimate of drug-likeness (QED) is 0.429. The van der Waals surface area contributed by atoms with Crippen molar-refractivity contribution in [2.24, 2.45) is 0 Å². The first kappa shape index (κ1) is 21.5. The number of benzene rings is 1. The Kier molecular flexibility index (Phi) is 6.62. The Morgan fingerprint density at radius 3 is 2.77 bits per heavy atom. The number of rotatable bonds is 7. The van der Waals surface area contributed by atoms with Crippen LogP contribution in [-0.2, 0) is 17.8 Å². The summed E-state index contributed by atoms with van der Waals surface area (Å²) < 4.78 is 11.3. The molecule has 7 nitrogen and oxygen atoms in total. The molecule has 0 radical (unpaired) electrons. The van der Waals surface area contributed by atoms with Crippen LogP contribution in [0.4, 0.5) is 5.69 Å². The van der Waals surface area contributed by atoms with E-state index in [4.69, 9.17) is 9.47 Å². The molecule has 0 fully saturated rings. The van der Waals surface area contributed by atoms with Crippen molar-refractivity contribution in [3.05, 3.63) is 62.2 Å². The highest BCUT2D eigenvalue weighted by molar-refractivity contribution is 7.98. The van der Waals surface area contributed by atoms with Gasteiger partial charge in [0, 0.05) is 34.3 Å². The Morgan fingerprint density at radius 2 is 2.06 bits per heavy atom.